The molecule has 0 unspecified atom stereocenters. The Balaban J connectivity index is 2.56. The standard InChI is InChI=1S/C11H10BrNO3/c1-2-16-11(15)10-9(12)7-5-6(14)3-4-8(7)13-10/h3-5,13-14H,2H2,1H3. The van der Waals surface area contributed by atoms with Crippen LogP contribution in [0.4, 0.5) is 0 Å². The number of aromatic nitrogens is 1. The lowest BCUT2D eigenvalue weighted by Gasteiger charge is -1.98. The molecular weight excluding hydrogens is 274 g/mol. The topological polar surface area (TPSA) is 62.3 Å². The highest BCUT2D eigenvalue weighted by molar-refractivity contribution is 9.10. The van der Waals surface area contributed by atoms with E-state index in [-0.39, 0.29) is 5.75 Å². The second-order valence-electron chi connectivity index (χ2n) is 3.26. The summed E-state index contributed by atoms with van der Waals surface area (Å²) in [4.78, 5) is 14.5. The molecule has 5 heteroatoms. The molecule has 4 nitrogen and oxygen atoms in total. The lowest BCUT2D eigenvalue weighted by Crippen LogP contribution is -2.05. The molecular formula is C11H10BrNO3. The smallest absolute Gasteiger partial charge is 0.355 e. The van der Waals surface area contributed by atoms with E-state index in [0.29, 0.717) is 16.8 Å². The minimum absolute atomic E-state index is 0.155. The number of hydrogen-bond acceptors (Lipinski definition) is 3. The zero-order chi connectivity index (χ0) is 11.7. The molecule has 1 aromatic heterocycles. The summed E-state index contributed by atoms with van der Waals surface area (Å²) in [7, 11) is 0. The average molecular weight is 284 g/mol. The number of hydrogen-bond donors (Lipinski definition) is 2. The van der Waals surface area contributed by atoms with E-state index < -0.39 is 5.97 Å². The number of fused-ring (bicyclic) bond motifs is 1. The van der Waals surface area contributed by atoms with Crippen LogP contribution in [0, 0.1) is 0 Å². The maximum atomic E-state index is 11.6. The first-order chi connectivity index (χ1) is 7.63. The summed E-state index contributed by atoms with van der Waals surface area (Å²) in [6.07, 6.45) is 0. The number of ether oxygens (including phenoxy) is 1. The normalized spacial score (nSPS) is 10.6. The first-order valence-electron chi connectivity index (χ1n) is 4.80. The van der Waals surface area contributed by atoms with Gasteiger partial charge in [0.25, 0.3) is 0 Å². The fourth-order valence-corrected chi connectivity index (χ4v) is 2.08. The van der Waals surface area contributed by atoms with E-state index in [9.17, 15) is 9.90 Å². The van der Waals surface area contributed by atoms with Crippen LogP contribution in [0.5, 0.6) is 5.75 Å². The van der Waals surface area contributed by atoms with Crippen LogP contribution in [0.2, 0.25) is 0 Å². The van der Waals surface area contributed by atoms with Crippen molar-refractivity contribution in [3.63, 3.8) is 0 Å². The summed E-state index contributed by atoms with van der Waals surface area (Å²) in [5.41, 5.74) is 1.13. The third-order valence-electron chi connectivity index (χ3n) is 2.20. The van der Waals surface area contributed by atoms with Crippen molar-refractivity contribution in [1.82, 2.24) is 4.98 Å². The Morgan fingerprint density at radius 2 is 2.31 bits per heavy atom. The molecule has 0 bridgehead atoms. The number of rotatable bonds is 2. The molecule has 0 amide bonds. The number of aromatic amines is 1. The molecule has 1 aromatic carbocycles. The molecule has 0 aliphatic rings. The first kappa shape index (κ1) is 11.0. The fraction of sp³-hybridized carbons (Fsp3) is 0.182. The molecule has 0 atom stereocenters. The molecule has 1 heterocycles. The highest BCUT2D eigenvalue weighted by Crippen LogP contribution is 2.30. The number of benzene rings is 1. The Labute approximate surface area is 100 Å². The predicted octanol–water partition coefficient (Wildman–Crippen LogP) is 2.81. The van der Waals surface area contributed by atoms with Crippen molar-refractivity contribution in [1.29, 1.82) is 0 Å². The van der Waals surface area contributed by atoms with Gasteiger partial charge in [-0.15, -0.1) is 0 Å². The number of carbonyl (C=O) groups excluding carboxylic acids is 1. The maximum Gasteiger partial charge on any atom is 0.355 e. The molecule has 2 N–H and O–H groups in total. The van der Waals surface area contributed by atoms with Crippen molar-refractivity contribution in [3.8, 4) is 5.75 Å². The van der Waals surface area contributed by atoms with E-state index in [1.807, 2.05) is 0 Å². The zero-order valence-electron chi connectivity index (χ0n) is 8.58. The number of nitrogens with one attached hydrogen (secondary N) is 1. The second-order valence-corrected chi connectivity index (χ2v) is 4.06. The molecule has 2 rings (SSSR count). The highest BCUT2D eigenvalue weighted by Gasteiger charge is 2.16. The molecule has 0 spiro atoms. The number of phenolic OH excluding ortho intramolecular Hbond substituents is 1. The Morgan fingerprint density at radius 1 is 1.56 bits per heavy atom. The zero-order valence-corrected chi connectivity index (χ0v) is 10.2. The molecule has 16 heavy (non-hydrogen) atoms. The third kappa shape index (κ3) is 1.78. The van der Waals surface area contributed by atoms with Crippen molar-refractivity contribution in [2.75, 3.05) is 6.61 Å². The van der Waals surface area contributed by atoms with Gasteiger partial charge in [-0.3, -0.25) is 0 Å². The van der Waals surface area contributed by atoms with Gasteiger partial charge in [0.15, 0.2) is 0 Å². The number of halogens is 1. The molecule has 84 valence electrons. The number of esters is 1. The lowest BCUT2D eigenvalue weighted by molar-refractivity contribution is 0.0519. The average Bonchev–Trinajstić information content (AvgIpc) is 2.57. The molecule has 0 aliphatic carbocycles. The fourth-order valence-electron chi connectivity index (χ4n) is 1.49. The van der Waals surface area contributed by atoms with Gasteiger partial charge in [0.1, 0.15) is 11.4 Å². The summed E-state index contributed by atoms with van der Waals surface area (Å²) in [5, 5.41) is 10.1. The van der Waals surface area contributed by atoms with Crippen LogP contribution >= 0.6 is 15.9 Å². The number of H-pyrrole nitrogens is 1. The summed E-state index contributed by atoms with van der Waals surface area (Å²) in [5.74, 6) is -0.257. The third-order valence-corrected chi connectivity index (χ3v) is 3.02. The predicted molar refractivity (Wildman–Crippen MR) is 63.6 cm³/mol. The lowest BCUT2D eigenvalue weighted by atomic mass is 10.2. The van der Waals surface area contributed by atoms with Crippen molar-refractivity contribution in [3.05, 3.63) is 28.4 Å². The van der Waals surface area contributed by atoms with Gasteiger partial charge in [0, 0.05) is 10.9 Å². The second kappa shape index (κ2) is 4.17. The minimum Gasteiger partial charge on any atom is -0.508 e. The molecule has 0 fully saturated rings. The van der Waals surface area contributed by atoms with Gasteiger partial charge in [-0.1, -0.05) is 0 Å². The minimum atomic E-state index is -0.412. The van der Waals surface area contributed by atoms with Crippen molar-refractivity contribution >= 4 is 32.8 Å². The molecule has 0 saturated heterocycles. The highest BCUT2D eigenvalue weighted by atomic mass is 79.9. The van der Waals surface area contributed by atoms with Gasteiger partial charge >= 0.3 is 5.97 Å². The molecule has 2 aromatic rings. The quantitative estimate of drug-likeness (QED) is 0.833. The number of carbonyl (C=O) groups is 1. The van der Waals surface area contributed by atoms with Gasteiger partial charge in [-0.2, -0.15) is 0 Å². The van der Waals surface area contributed by atoms with Gasteiger partial charge in [-0.05, 0) is 41.1 Å². The van der Waals surface area contributed by atoms with Gasteiger partial charge in [0.2, 0.25) is 0 Å². The Hall–Kier alpha value is -1.49. The number of phenols is 1. The van der Waals surface area contributed by atoms with Crippen LogP contribution in [0.15, 0.2) is 22.7 Å². The van der Waals surface area contributed by atoms with Crippen molar-refractivity contribution in [2.24, 2.45) is 0 Å². The van der Waals surface area contributed by atoms with Gasteiger partial charge in [0.05, 0.1) is 11.1 Å². The first-order valence-corrected chi connectivity index (χ1v) is 5.60. The van der Waals surface area contributed by atoms with Crippen molar-refractivity contribution in [2.45, 2.75) is 6.92 Å². The summed E-state index contributed by atoms with van der Waals surface area (Å²) in [6, 6.07) is 4.84. The number of aromatic hydroxyl groups is 1. The largest absolute Gasteiger partial charge is 0.508 e. The summed E-state index contributed by atoms with van der Waals surface area (Å²) in [6.45, 7) is 2.08. The van der Waals surface area contributed by atoms with Crippen LogP contribution in [0.1, 0.15) is 17.4 Å². The van der Waals surface area contributed by atoms with E-state index in [4.69, 9.17) is 4.74 Å². The summed E-state index contributed by atoms with van der Waals surface area (Å²) < 4.78 is 5.51. The molecule has 0 saturated carbocycles. The van der Waals surface area contributed by atoms with Crippen LogP contribution in [-0.2, 0) is 4.74 Å². The molecule has 0 radical (unpaired) electrons. The van der Waals surface area contributed by atoms with E-state index in [2.05, 4.69) is 20.9 Å². The van der Waals surface area contributed by atoms with Crippen LogP contribution in [-0.4, -0.2) is 22.7 Å². The summed E-state index contributed by atoms with van der Waals surface area (Å²) >= 11 is 3.31. The van der Waals surface area contributed by atoms with Crippen molar-refractivity contribution < 1.29 is 14.6 Å². The van der Waals surface area contributed by atoms with E-state index >= 15 is 0 Å². The van der Waals surface area contributed by atoms with Crippen LogP contribution < -0.4 is 0 Å². The van der Waals surface area contributed by atoms with Gasteiger partial charge in [-0.25, -0.2) is 4.79 Å². The maximum absolute atomic E-state index is 11.6. The molecule has 0 aliphatic heterocycles. The van der Waals surface area contributed by atoms with Crippen LogP contribution in [0.25, 0.3) is 10.9 Å². The van der Waals surface area contributed by atoms with Crippen LogP contribution in [0.3, 0.4) is 0 Å². The van der Waals surface area contributed by atoms with Gasteiger partial charge < -0.3 is 14.8 Å². The Bertz CT molecular complexity index is 547. The van der Waals surface area contributed by atoms with E-state index in [1.165, 1.54) is 0 Å². The Kier molecular flexibility index (Phi) is 2.87. The van der Waals surface area contributed by atoms with E-state index in [0.717, 1.165) is 10.9 Å². The SMILES string of the molecule is CCOC(=O)c1[nH]c2ccc(O)cc2c1Br. The van der Waals surface area contributed by atoms with E-state index in [1.54, 1.807) is 25.1 Å². The Morgan fingerprint density at radius 3 is 3.00 bits per heavy atom. The monoisotopic (exact) mass is 283 g/mol.